The van der Waals surface area contributed by atoms with Crippen molar-refractivity contribution in [1.82, 2.24) is 0 Å². The number of hydrogen-bond acceptors (Lipinski definition) is 2. The van der Waals surface area contributed by atoms with Crippen molar-refractivity contribution in [1.29, 1.82) is 0 Å². The maximum Gasteiger partial charge on any atom is 1.00 e. The third-order valence-electron chi connectivity index (χ3n) is 2.84. The Balaban J connectivity index is 0.00000144. The minimum atomic E-state index is -1.90. The number of rotatable bonds is 2. The van der Waals surface area contributed by atoms with Crippen molar-refractivity contribution in [2.45, 2.75) is 31.4 Å². The normalized spacial score (nSPS) is 36.0. The maximum atomic E-state index is 10.8. The van der Waals surface area contributed by atoms with Crippen molar-refractivity contribution >= 4 is 11.1 Å². The van der Waals surface area contributed by atoms with Gasteiger partial charge in [-0.3, -0.25) is 4.21 Å². The molecule has 0 aliphatic heterocycles. The summed E-state index contributed by atoms with van der Waals surface area (Å²) in [6.45, 7) is 5.73. The van der Waals surface area contributed by atoms with Crippen molar-refractivity contribution in [2.24, 2.45) is 11.8 Å². The van der Waals surface area contributed by atoms with Crippen molar-refractivity contribution in [3.63, 3.8) is 0 Å². The molecule has 0 bridgehead atoms. The van der Waals surface area contributed by atoms with Gasteiger partial charge < -0.3 is 4.55 Å². The van der Waals surface area contributed by atoms with Gasteiger partial charge in [0.15, 0.2) is 0 Å². The summed E-state index contributed by atoms with van der Waals surface area (Å²) in [5.41, 5.74) is 0. The van der Waals surface area contributed by atoms with Crippen molar-refractivity contribution < 1.29 is 38.3 Å². The smallest absolute Gasteiger partial charge is 0.772 e. The zero-order valence-electron chi connectivity index (χ0n) is 8.36. The minimum Gasteiger partial charge on any atom is -0.772 e. The molecule has 0 aromatic carbocycles. The Bertz CT molecular complexity index is 196. The molecule has 1 rings (SSSR count). The van der Waals surface area contributed by atoms with E-state index in [-0.39, 0.29) is 40.7 Å². The molecule has 0 heterocycles. The van der Waals surface area contributed by atoms with Crippen LogP contribution in [0.15, 0.2) is 12.7 Å². The Hall–Kier alpha value is 0.850. The van der Waals surface area contributed by atoms with Crippen LogP contribution >= 0.6 is 0 Å². The van der Waals surface area contributed by atoms with Crippen LogP contribution < -0.4 is 29.6 Å². The molecule has 0 radical (unpaired) electrons. The van der Waals surface area contributed by atoms with Crippen LogP contribution in [0.1, 0.15) is 26.2 Å². The fraction of sp³-hybridized carbons (Fsp3) is 0.778. The second-order valence-electron chi connectivity index (χ2n) is 3.49. The topological polar surface area (TPSA) is 40.1 Å². The molecule has 2 nitrogen and oxygen atoms in total. The molecule has 1 saturated carbocycles. The molecule has 0 N–H and O–H groups in total. The van der Waals surface area contributed by atoms with E-state index in [1.54, 1.807) is 0 Å². The monoisotopic (exact) mass is 210 g/mol. The van der Waals surface area contributed by atoms with Gasteiger partial charge in [-0.25, -0.2) is 0 Å². The van der Waals surface area contributed by atoms with Gasteiger partial charge >= 0.3 is 29.6 Å². The summed E-state index contributed by atoms with van der Waals surface area (Å²) in [5, 5.41) is -0.151. The Labute approximate surface area is 105 Å². The van der Waals surface area contributed by atoms with Crippen LogP contribution in [0.3, 0.4) is 0 Å². The predicted molar refractivity (Wildman–Crippen MR) is 49.4 cm³/mol. The average Bonchev–Trinajstić information content (AvgIpc) is 2.04. The average molecular weight is 210 g/mol. The summed E-state index contributed by atoms with van der Waals surface area (Å²) in [4.78, 5) is 0. The summed E-state index contributed by atoms with van der Waals surface area (Å²) >= 11 is -1.90. The summed E-state index contributed by atoms with van der Waals surface area (Å²) in [7, 11) is 0. The fourth-order valence-electron chi connectivity index (χ4n) is 1.96. The van der Waals surface area contributed by atoms with E-state index in [4.69, 9.17) is 0 Å². The number of hydrogen-bond donors (Lipinski definition) is 0. The zero-order chi connectivity index (χ0) is 9.14. The Morgan fingerprint density at radius 2 is 2.15 bits per heavy atom. The van der Waals surface area contributed by atoms with Crippen LogP contribution in [-0.2, 0) is 11.1 Å². The molecule has 4 atom stereocenters. The van der Waals surface area contributed by atoms with Gasteiger partial charge in [0.2, 0.25) is 0 Å². The van der Waals surface area contributed by atoms with Crippen molar-refractivity contribution in [3.8, 4) is 0 Å². The van der Waals surface area contributed by atoms with E-state index in [0.717, 1.165) is 19.3 Å². The van der Waals surface area contributed by atoms with Gasteiger partial charge in [0.1, 0.15) is 0 Å². The molecule has 0 spiro atoms. The zero-order valence-corrected chi connectivity index (χ0v) is 11.2. The van der Waals surface area contributed by atoms with Gasteiger partial charge in [-0.2, -0.15) is 0 Å². The second kappa shape index (κ2) is 6.36. The summed E-state index contributed by atoms with van der Waals surface area (Å²) < 4.78 is 21.6. The molecule has 1 fully saturated rings. The molecule has 1 unspecified atom stereocenters. The van der Waals surface area contributed by atoms with E-state index in [0.29, 0.717) is 5.92 Å². The third-order valence-corrected chi connectivity index (χ3v) is 4.00. The van der Waals surface area contributed by atoms with Crippen LogP contribution in [0, 0.1) is 11.8 Å². The molecule has 13 heavy (non-hydrogen) atoms. The van der Waals surface area contributed by atoms with Crippen LogP contribution in [0.2, 0.25) is 0 Å². The molecule has 4 heteroatoms. The van der Waals surface area contributed by atoms with E-state index < -0.39 is 11.1 Å². The molecule has 0 saturated heterocycles. The third kappa shape index (κ3) is 3.48. The van der Waals surface area contributed by atoms with Gasteiger partial charge in [-0.05, 0) is 24.7 Å². The summed E-state index contributed by atoms with van der Waals surface area (Å²) in [5.74, 6) is 0.635. The van der Waals surface area contributed by atoms with Gasteiger partial charge in [0.25, 0.3) is 0 Å². The standard InChI is InChI=1S/C9H16O2S.Na/c1-3-8-5-4-6-9(7(8)2)12(10)11;/h3,7-9H,1,4-6H2,2H3,(H,10,11);/q;+1/p-1/t7-,8-,9-;/m1./s1. The largest absolute Gasteiger partial charge is 1.00 e. The molecule has 1 aliphatic carbocycles. The second-order valence-corrected chi connectivity index (χ2v) is 4.62. The fourth-order valence-corrected chi connectivity index (χ4v) is 2.87. The molecule has 0 aromatic heterocycles. The first-order chi connectivity index (χ1) is 5.66. The first kappa shape index (κ1) is 13.8. The van der Waals surface area contributed by atoms with E-state index in [1.165, 1.54) is 0 Å². The van der Waals surface area contributed by atoms with E-state index in [9.17, 15) is 8.76 Å². The van der Waals surface area contributed by atoms with E-state index in [1.807, 2.05) is 13.0 Å². The van der Waals surface area contributed by atoms with Crippen molar-refractivity contribution in [2.75, 3.05) is 0 Å². The predicted octanol–water partition coefficient (Wildman–Crippen LogP) is -1.14. The maximum absolute atomic E-state index is 10.8. The van der Waals surface area contributed by atoms with Crippen molar-refractivity contribution in [3.05, 3.63) is 12.7 Å². The minimum absolute atomic E-state index is 0. The van der Waals surface area contributed by atoms with Crippen LogP contribution in [0.5, 0.6) is 0 Å². The molecule has 0 aromatic rings. The summed E-state index contributed by atoms with van der Waals surface area (Å²) in [6, 6.07) is 0. The Kier molecular flexibility index (Phi) is 6.77. The molecule has 0 amide bonds. The molecule has 70 valence electrons. The van der Waals surface area contributed by atoms with Gasteiger partial charge in [-0.1, -0.05) is 30.5 Å². The van der Waals surface area contributed by atoms with E-state index >= 15 is 0 Å². The SMILES string of the molecule is C=C[C@@H]1CCC[C@@H](S(=O)[O-])[C@@H]1C.[Na+]. The van der Waals surface area contributed by atoms with Gasteiger partial charge in [0, 0.05) is 5.25 Å². The summed E-state index contributed by atoms with van der Waals surface area (Å²) in [6.07, 6.45) is 4.82. The number of allylic oxidation sites excluding steroid dienone is 1. The van der Waals surface area contributed by atoms with Gasteiger partial charge in [0.05, 0.1) is 0 Å². The molecule has 1 aliphatic rings. The van der Waals surface area contributed by atoms with E-state index in [2.05, 4.69) is 6.58 Å². The quantitative estimate of drug-likeness (QED) is 0.328. The Morgan fingerprint density at radius 1 is 1.54 bits per heavy atom. The van der Waals surface area contributed by atoms with Crippen LogP contribution in [0.25, 0.3) is 0 Å². The van der Waals surface area contributed by atoms with Crippen LogP contribution in [-0.4, -0.2) is 14.0 Å². The first-order valence-corrected chi connectivity index (χ1v) is 5.51. The first-order valence-electron chi connectivity index (χ1n) is 4.37. The molecular formula is C9H15NaO2S. The Morgan fingerprint density at radius 3 is 2.62 bits per heavy atom. The molecular weight excluding hydrogens is 195 g/mol. The van der Waals surface area contributed by atoms with Gasteiger partial charge in [-0.15, -0.1) is 6.58 Å². The van der Waals surface area contributed by atoms with Crippen LogP contribution in [0.4, 0.5) is 0 Å².